The first-order valence-corrected chi connectivity index (χ1v) is 23.8. The van der Waals surface area contributed by atoms with Crippen LogP contribution < -0.4 is 9.47 Å². The predicted molar refractivity (Wildman–Crippen MR) is 284 cm³/mol. The Balaban J connectivity index is 0.000000187. The minimum atomic E-state index is -0.606. The molecule has 386 valence electrons. The van der Waals surface area contributed by atoms with E-state index in [-0.39, 0.29) is 85.6 Å². The summed E-state index contributed by atoms with van der Waals surface area (Å²) in [6.45, 7) is 2.85. The maximum atomic E-state index is 12.4. The van der Waals surface area contributed by atoms with Crippen molar-refractivity contribution < 1.29 is 69.5 Å². The van der Waals surface area contributed by atoms with Crippen LogP contribution in [-0.4, -0.2) is 77.7 Å². The molecule has 0 saturated heterocycles. The number of hydrogen-bond donors (Lipinski definition) is 8. The highest BCUT2D eigenvalue weighted by Crippen LogP contribution is 2.31. The number of hydrogen-bond acceptors (Lipinski definition) is 14. The summed E-state index contributed by atoms with van der Waals surface area (Å²) in [5.41, 5.74) is 2.28. The Bertz CT molecular complexity index is 3100. The topological polar surface area (TPSA) is 249 Å². The summed E-state index contributed by atoms with van der Waals surface area (Å²) in [6, 6.07) is 47.0. The first kappa shape index (κ1) is 56.4. The van der Waals surface area contributed by atoms with Gasteiger partial charge in [0.25, 0.3) is 0 Å². The Labute approximate surface area is 434 Å². The van der Waals surface area contributed by atoms with Crippen molar-refractivity contribution in [2.45, 2.75) is 45.4 Å². The van der Waals surface area contributed by atoms with Crippen LogP contribution in [0.15, 0.2) is 182 Å². The van der Waals surface area contributed by atoms with E-state index in [9.17, 15) is 44.7 Å². The number of aromatic hydroxyl groups is 8. The monoisotopic (exact) mass is 1010 g/mol. The zero-order valence-corrected chi connectivity index (χ0v) is 41.3. The molecule has 0 saturated carbocycles. The lowest BCUT2D eigenvalue weighted by Gasteiger charge is -2.09. The van der Waals surface area contributed by atoms with Crippen molar-refractivity contribution in [2.75, 3.05) is 13.7 Å². The molecule has 0 heterocycles. The number of unbranched alkanes of at least 4 members (excludes halogenated alkanes) is 5. The molecule has 0 bridgehead atoms. The number of phenols is 8. The van der Waals surface area contributed by atoms with Gasteiger partial charge >= 0.3 is 0 Å². The summed E-state index contributed by atoms with van der Waals surface area (Å²) in [5, 5.41) is 75.9. The van der Waals surface area contributed by atoms with Crippen LogP contribution in [0.25, 0.3) is 0 Å². The second-order valence-electron chi connectivity index (χ2n) is 16.7. The van der Waals surface area contributed by atoms with Gasteiger partial charge in [-0.05, 0) is 67.1 Å². The molecule has 14 heteroatoms. The molecule has 0 aliphatic carbocycles. The number of ketones is 4. The van der Waals surface area contributed by atoms with Crippen LogP contribution >= 0.6 is 0 Å². The van der Waals surface area contributed by atoms with Crippen molar-refractivity contribution in [3.63, 3.8) is 0 Å². The van der Waals surface area contributed by atoms with Crippen LogP contribution in [0.4, 0.5) is 0 Å². The summed E-state index contributed by atoms with van der Waals surface area (Å²) in [5.74, 6) is -1.63. The van der Waals surface area contributed by atoms with Crippen molar-refractivity contribution in [3.8, 4) is 57.5 Å². The summed E-state index contributed by atoms with van der Waals surface area (Å²) in [7, 11) is 1.51. The summed E-state index contributed by atoms with van der Waals surface area (Å²) >= 11 is 0. The second-order valence-corrected chi connectivity index (χ2v) is 16.7. The van der Waals surface area contributed by atoms with Gasteiger partial charge < -0.3 is 50.3 Å². The third-order valence-corrected chi connectivity index (χ3v) is 11.2. The molecule has 0 atom stereocenters. The van der Waals surface area contributed by atoms with Gasteiger partial charge in [0.15, 0.2) is 23.1 Å². The molecule has 14 nitrogen and oxygen atoms in total. The van der Waals surface area contributed by atoms with Gasteiger partial charge in [0, 0.05) is 47.0 Å². The molecule has 0 radical (unpaired) electrons. The number of phenolic OH excluding ortho intramolecular Hbond substituents is 8. The molecule has 0 fully saturated rings. The molecule has 0 spiro atoms. The van der Waals surface area contributed by atoms with Crippen molar-refractivity contribution in [2.24, 2.45) is 0 Å². The van der Waals surface area contributed by atoms with Crippen LogP contribution in [0.2, 0.25) is 0 Å². The molecule has 75 heavy (non-hydrogen) atoms. The number of carbonyl (C=O) groups excluding carboxylic acids is 4. The van der Waals surface area contributed by atoms with Gasteiger partial charge in [-0.2, -0.15) is 0 Å². The maximum absolute atomic E-state index is 12.4. The number of carbonyl (C=O) groups is 4. The van der Waals surface area contributed by atoms with Crippen LogP contribution in [0.5, 0.6) is 57.5 Å². The Kier molecular flexibility index (Phi) is 21.4. The molecule has 8 aromatic rings. The van der Waals surface area contributed by atoms with E-state index in [0.717, 1.165) is 31.0 Å². The van der Waals surface area contributed by atoms with E-state index in [2.05, 4.69) is 6.92 Å². The van der Waals surface area contributed by atoms with Crippen LogP contribution in [0, 0.1) is 0 Å². The molecular weight excluding hydrogens is 957 g/mol. The second kappa shape index (κ2) is 28.5. The van der Waals surface area contributed by atoms with Crippen molar-refractivity contribution >= 4 is 23.1 Å². The van der Waals surface area contributed by atoms with Gasteiger partial charge in [-0.1, -0.05) is 130 Å². The Morgan fingerprint density at radius 1 is 0.347 bits per heavy atom. The maximum Gasteiger partial charge on any atom is 0.200 e. The molecule has 8 rings (SSSR count). The summed E-state index contributed by atoms with van der Waals surface area (Å²) in [6.07, 6.45) is 7.25. The van der Waals surface area contributed by atoms with E-state index in [0.29, 0.717) is 40.4 Å². The number of methoxy groups -OCH3 is 1. The van der Waals surface area contributed by atoms with E-state index < -0.39 is 5.78 Å². The predicted octanol–water partition coefficient (Wildman–Crippen LogP) is 12.1. The van der Waals surface area contributed by atoms with Gasteiger partial charge in [-0.15, -0.1) is 0 Å². The molecule has 0 aliphatic heterocycles. The lowest BCUT2D eigenvalue weighted by Crippen LogP contribution is -2.02. The minimum absolute atomic E-state index is 0.0377. The van der Waals surface area contributed by atoms with Crippen LogP contribution in [0.1, 0.15) is 109 Å². The molecule has 8 aromatic carbocycles. The highest BCUT2D eigenvalue weighted by molar-refractivity contribution is 6.13. The van der Waals surface area contributed by atoms with E-state index in [1.54, 1.807) is 84.9 Å². The third kappa shape index (κ3) is 16.8. The molecule has 0 aromatic heterocycles. The molecule has 0 unspecified atom stereocenters. The summed E-state index contributed by atoms with van der Waals surface area (Å²) < 4.78 is 10.6. The fraction of sp³-hybridized carbons (Fsp3) is 0.148. The highest BCUT2D eigenvalue weighted by atomic mass is 16.5. The van der Waals surface area contributed by atoms with Gasteiger partial charge in [-0.3, -0.25) is 19.2 Å². The number of rotatable bonds is 17. The third-order valence-electron chi connectivity index (χ3n) is 11.2. The van der Waals surface area contributed by atoms with Crippen molar-refractivity contribution in [1.82, 2.24) is 0 Å². The SMILES string of the molecule is CCCCCCCCOc1ccc(C(=O)c2ccccc2)c(O)c1.COc1ccc(C(=O)c2ccccc2)c(O)c1.O=C(c1ccc(O)cc1O)c1ccc(O)cc1O.O=C(c1ccccc1)c1ccc(O)cc1O. The first-order valence-electron chi connectivity index (χ1n) is 23.8. The fourth-order valence-electron chi connectivity index (χ4n) is 7.21. The Morgan fingerprint density at radius 2 is 0.653 bits per heavy atom. The van der Waals surface area contributed by atoms with E-state index in [1.807, 2.05) is 30.3 Å². The minimum Gasteiger partial charge on any atom is -0.508 e. The van der Waals surface area contributed by atoms with Gasteiger partial charge in [0.1, 0.15) is 57.5 Å². The van der Waals surface area contributed by atoms with Crippen LogP contribution in [-0.2, 0) is 0 Å². The van der Waals surface area contributed by atoms with E-state index in [1.165, 1.54) is 81.3 Å². The fourth-order valence-corrected chi connectivity index (χ4v) is 7.21. The molecule has 8 N–H and O–H groups in total. The molecule has 0 aliphatic rings. The zero-order chi connectivity index (χ0) is 54.3. The lowest BCUT2D eigenvalue weighted by molar-refractivity contribution is 0.102. The zero-order valence-electron chi connectivity index (χ0n) is 41.3. The van der Waals surface area contributed by atoms with Gasteiger partial charge in [0.05, 0.1) is 41.5 Å². The average molecular weight is 1020 g/mol. The van der Waals surface area contributed by atoms with Crippen molar-refractivity contribution in [1.29, 1.82) is 0 Å². The van der Waals surface area contributed by atoms with E-state index >= 15 is 0 Å². The number of benzene rings is 8. The largest absolute Gasteiger partial charge is 0.508 e. The highest BCUT2D eigenvalue weighted by Gasteiger charge is 2.19. The normalized spacial score (nSPS) is 10.2. The average Bonchev–Trinajstić information content (AvgIpc) is 3.41. The molecular formula is C61H58O14. The first-order chi connectivity index (χ1) is 36.1. The molecule has 0 amide bonds. The summed E-state index contributed by atoms with van der Waals surface area (Å²) in [4.78, 5) is 48.4. The Morgan fingerprint density at radius 3 is 1.00 bits per heavy atom. The van der Waals surface area contributed by atoms with E-state index in [4.69, 9.17) is 24.8 Å². The van der Waals surface area contributed by atoms with Gasteiger partial charge in [-0.25, -0.2) is 0 Å². The van der Waals surface area contributed by atoms with Gasteiger partial charge in [0.2, 0.25) is 0 Å². The van der Waals surface area contributed by atoms with Crippen LogP contribution in [0.3, 0.4) is 0 Å². The standard InChI is InChI=1S/C21H26O3.C14H12O3.C13H10O5.C13H10O3/c1-2-3-4-5-6-10-15-24-18-13-14-19(20(22)16-18)21(23)17-11-8-7-9-12-17;1-17-11-7-8-12(13(15)9-11)14(16)10-5-3-2-4-6-10;14-7-1-3-9(11(16)5-7)13(18)10-4-2-8(15)6-12(10)17;14-10-6-7-11(12(15)8-10)13(16)9-4-2-1-3-5-9/h7-9,11-14,16,22H,2-6,10,15H2,1H3;2-9,15H,1H3;1-6,14-17H;1-8,14-15H. The van der Waals surface area contributed by atoms with Crippen molar-refractivity contribution in [3.05, 3.63) is 226 Å². The number of ether oxygens (including phenoxy) is 2. The smallest absolute Gasteiger partial charge is 0.200 e. The lowest BCUT2D eigenvalue weighted by atomic mass is 10.0. The Hall–Kier alpha value is -9.56. The quantitative estimate of drug-likeness (QED) is 0.0312.